The lowest BCUT2D eigenvalue weighted by Gasteiger charge is -1.94. The molecule has 1 atom stereocenters. The summed E-state index contributed by atoms with van der Waals surface area (Å²) in [6.07, 6.45) is 1.17. The van der Waals surface area contributed by atoms with Gasteiger partial charge in [0.05, 0.1) is 0 Å². The van der Waals surface area contributed by atoms with E-state index in [4.69, 9.17) is 0 Å². The fraction of sp³-hybridized carbons (Fsp3) is 0.571. The van der Waals surface area contributed by atoms with Crippen LogP contribution in [0, 0.1) is 0 Å². The van der Waals surface area contributed by atoms with Crippen LogP contribution in [0.2, 0.25) is 0 Å². The van der Waals surface area contributed by atoms with Crippen molar-refractivity contribution in [3.63, 3.8) is 0 Å². The Morgan fingerprint density at radius 1 is 1.57 bits per heavy atom. The molecule has 1 aromatic rings. The second-order valence-corrected chi connectivity index (χ2v) is 6.41. The Balaban J connectivity index is 2.83. The van der Waals surface area contributed by atoms with E-state index in [2.05, 4.69) is 27.8 Å². The van der Waals surface area contributed by atoms with Gasteiger partial charge in [-0.2, -0.15) is 0 Å². The maximum absolute atomic E-state index is 11.0. The predicted octanol–water partition coefficient (Wildman–Crippen LogP) is 1.06. The number of sulfone groups is 1. The number of aromatic nitrogens is 2. The van der Waals surface area contributed by atoms with E-state index < -0.39 is 9.84 Å². The molecule has 1 heterocycles. The van der Waals surface area contributed by atoms with Gasteiger partial charge in [0.2, 0.25) is 0 Å². The topological polar surface area (TPSA) is 59.9 Å². The molecule has 7 heteroatoms. The van der Waals surface area contributed by atoms with Crippen molar-refractivity contribution in [3.8, 4) is 0 Å². The second kappa shape index (κ2) is 4.41. The van der Waals surface area contributed by atoms with Gasteiger partial charge in [0, 0.05) is 17.5 Å². The van der Waals surface area contributed by atoms with Gasteiger partial charge in [-0.1, -0.05) is 30.5 Å². The minimum atomic E-state index is -3.03. The lowest BCUT2D eigenvalue weighted by molar-refractivity contribution is 0.600. The van der Waals surface area contributed by atoms with Crippen molar-refractivity contribution in [1.29, 1.82) is 0 Å². The van der Waals surface area contributed by atoms with Crippen LogP contribution in [-0.4, -0.2) is 30.2 Å². The van der Waals surface area contributed by atoms with Gasteiger partial charge in [-0.05, 0) is 0 Å². The fourth-order valence-corrected chi connectivity index (χ4v) is 2.99. The lowest BCUT2D eigenvalue weighted by Crippen LogP contribution is -1.99. The Kier molecular flexibility index (Phi) is 3.68. The predicted molar refractivity (Wildman–Crippen MR) is 59.5 cm³/mol. The molecule has 0 saturated carbocycles. The third-order valence-corrected chi connectivity index (χ3v) is 3.86. The quantitative estimate of drug-likeness (QED) is 0.747. The van der Waals surface area contributed by atoms with Gasteiger partial charge in [0.15, 0.2) is 9.84 Å². The Bertz CT molecular complexity index is 424. The summed E-state index contributed by atoms with van der Waals surface area (Å²) in [5.41, 5.74) is 0. The van der Waals surface area contributed by atoms with E-state index in [0.29, 0.717) is 10.0 Å². The van der Waals surface area contributed by atoms with Gasteiger partial charge in [0.25, 0.3) is 0 Å². The summed E-state index contributed by atoms with van der Waals surface area (Å²) in [6.45, 7) is 1.84. The van der Waals surface area contributed by atoms with Crippen LogP contribution in [0.5, 0.6) is 0 Å². The zero-order valence-electron chi connectivity index (χ0n) is 7.72. The molecular formula is C7H9N2O2S3. The molecule has 0 aliphatic rings. The molecule has 0 bridgehead atoms. The van der Waals surface area contributed by atoms with Gasteiger partial charge in [-0.15, -0.1) is 10.2 Å². The van der Waals surface area contributed by atoms with E-state index >= 15 is 0 Å². The molecular weight excluding hydrogens is 240 g/mol. The summed E-state index contributed by atoms with van der Waals surface area (Å²) in [7, 11) is -3.03. The van der Waals surface area contributed by atoms with Crippen molar-refractivity contribution in [2.24, 2.45) is 0 Å². The van der Waals surface area contributed by atoms with Crippen molar-refractivity contribution >= 4 is 38.8 Å². The zero-order chi connectivity index (χ0) is 10.8. The number of hydrogen-bond acceptors (Lipinski definition) is 6. The van der Waals surface area contributed by atoms with E-state index in [1.807, 2.05) is 6.92 Å². The van der Waals surface area contributed by atoms with Crippen LogP contribution >= 0.6 is 23.6 Å². The Morgan fingerprint density at radius 2 is 2.21 bits per heavy atom. The number of rotatable bonds is 4. The highest BCUT2D eigenvalue weighted by molar-refractivity contribution is 7.90. The van der Waals surface area contributed by atoms with Gasteiger partial charge < -0.3 is 0 Å². The Labute approximate surface area is 92.3 Å². The molecule has 0 aromatic carbocycles. The first-order valence-corrected chi connectivity index (χ1v) is 7.08. The standard InChI is InChI=1S/C7H9N2O2S3/c1-5(3-12)7-9-8-6(13-7)4-14(2,10)11/h5H,4H2,1-2H3. The molecule has 0 fully saturated rings. The summed E-state index contributed by atoms with van der Waals surface area (Å²) in [6, 6.07) is 0. The molecule has 1 unspecified atom stereocenters. The normalized spacial score (nSPS) is 13.9. The minimum absolute atomic E-state index is 0.0607. The molecule has 0 aliphatic carbocycles. The largest absolute Gasteiger partial charge is 0.229 e. The molecule has 4 nitrogen and oxygen atoms in total. The number of thiocarbonyl (C=S) groups is 1. The van der Waals surface area contributed by atoms with Gasteiger partial charge in [-0.3, -0.25) is 0 Å². The maximum atomic E-state index is 11.0. The number of hydrogen-bond donors (Lipinski definition) is 0. The molecule has 0 N–H and O–H groups in total. The smallest absolute Gasteiger partial charge is 0.154 e. The SMILES string of the molecule is CC([C]=S)c1nnc(CS(C)(=O)=O)s1. The third-order valence-electron chi connectivity index (χ3n) is 1.42. The molecule has 77 valence electrons. The van der Waals surface area contributed by atoms with E-state index in [1.165, 1.54) is 17.6 Å². The van der Waals surface area contributed by atoms with Crippen molar-refractivity contribution in [1.82, 2.24) is 10.2 Å². The monoisotopic (exact) mass is 249 g/mol. The maximum Gasteiger partial charge on any atom is 0.154 e. The molecule has 1 aromatic heterocycles. The average Bonchev–Trinajstić information content (AvgIpc) is 2.48. The summed E-state index contributed by atoms with van der Waals surface area (Å²) < 4.78 is 21.9. The highest BCUT2D eigenvalue weighted by atomic mass is 32.2. The van der Waals surface area contributed by atoms with Crippen LogP contribution in [-0.2, 0) is 15.6 Å². The molecule has 0 spiro atoms. The first-order valence-electron chi connectivity index (χ1n) is 3.80. The third kappa shape index (κ3) is 3.39. The highest BCUT2D eigenvalue weighted by Gasteiger charge is 2.13. The Hall–Kier alpha value is -0.400. The number of nitrogens with zero attached hydrogens (tertiary/aromatic N) is 2. The fourth-order valence-electron chi connectivity index (χ4n) is 0.775. The molecule has 14 heavy (non-hydrogen) atoms. The van der Waals surface area contributed by atoms with E-state index in [-0.39, 0.29) is 11.7 Å². The molecule has 1 radical (unpaired) electrons. The molecule has 0 amide bonds. The second-order valence-electron chi connectivity index (χ2n) is 2.94. The van der Waals surface area contributed by atoms with Crippen LogP contribution in [0.25, 0.3) is 0 Å². The first kappa shape index (κ1) is 11.7. The van der Waals surface area contributed by atoms with Crippen LogP contribution in [0.3, 0.4) is 0 Å². The van der Waals surface area contributed by atoms with E-state index in [0.717, 1.165) is 0 Å². The lowest BCUT2D eigenvalue weighted by atomic mass is 10.2. The average molecular weight is 249 g/mol. The summed E-state index contributed by atoms with van der Waals surface area (Å²) in [5.74, 6) is -0.134. The van der Waals surface area contributed by atoms with Crippen molar-refractivity contribution in [3.05, 3.63) is 10.0 Å². The zero-order valence-corrected chi connectivity index (χ0v) is 10.2. The minimum Gasteiger partial charge on any atom is -0.229 e. The Morgan fingerprint density at radius 3 is 2.71 bits per heavy atom. The van der Waals surface area contributed by atoms with Crippen LogP contribution in [0.15, 0.2) is 0 Å². The summed E-state index contributed by atoms with van der Waals surface area (Å²) in [5, 5.41) is 11.4. The molecule has 1 rings (SSSR count). The van der Waals surface area contributed by atoms with Gasteiger partial charge in [-0.25, -0.2) is 8.42 Å². The van der Waals surface area contributed by atoms with E-state index in [9.17, 15) is 8.42 Å². The summed E-state index contributed by atoms with van der Waals surface area (Å²) >= 11 is 5.91. The van der Waals surface area contributed by atoms with Crippen LogP contribution in [0.1, 0.15) is 22.9 Å². The van der Waals surface area contributed by atoms with E-state index in [1.54, 1.807) is 0 Å². The van der Waals surface area contributed by atoms with Crippen LogP contribution in [0.4, 0.5) is 0 Å². The van der Waals surface area contributed by atoms with Crippen molar-refractivity contribution in [2.45, 2.75) is 18.6 Å². The molecule has 0 saturated heterocycles. The summed E-state index contributed by atoms with van der Waals surface area (Å²) in [4.78, 5) is 0. The van der Waals surface area contributed by atoms with Crippen molar-refractivity contribution in [2.75, 3.05) is 6.26 Å². The van der Waals surface area contributed by atoms with Gasteiger partial charge >= 0.3 is 0 Å². The van der Waals surface area contributed by atoms with Gasteiger partial charge in [0.1, 0.15) is 15.8 Å². The molecule has 0 aliphatic heterocycles. The first-order chi connectivity index (χ1) is 6.42. The van der Waals surface area contributed by atoms with Crippen molar-refractivity contribution < 1.29 is 8.42 Å². The highest BCUT2D eigenvalue weighted by Crippen LogP contribution is 2.19. The van der Waals surface area contributed by atoms with Crippen LogP contribution < -0.4 is 0 Å².